The zero-order valence-electron chi connectivity index (χ0n) is 11.2. The molecule has 1 aromatic rings. The van der Waals surface area contributed by atoms with Crippen LogP contribution in [0.15, 0.2) is 24.3 Å². The summed E-state index contributed by atoms with van der Waals surface area (Å²) in [5.74, 6) is 0.765. The summed E-state index contributed by atoms with van der Waals surface area (Å²) in [6.07, 6.45) is 0. The van der Waals surface area contributed by atoms with E-state index in [0.717, 1.165) is 11.3 Å². The van der Waals surface area contributed by atoms with Gasteiger partial charge in [0.2, 0.25) is 0 Å². The lowest BCUT2D eigenvalue weighted by atomic mass is 9.72. The molecule has 0 amide bonds. The van der Waals surface area contributed by atoms with Crippen molar-refractivity contribution in [2.45, 2.75) is 33.3 Å². The Kier molecular flexibility index (Phi) is 4.17. The van der Waals surface area contributed by atoms with Crippen LogP contribution < -0.4 is 10.5 Å². The molecule has 3 heteroatoms. The van der Waals surface area contributed by atoms with Gasteiger partial charge in [0.15, 0.2) is 0 Å². The number of rotatable bonds is 4. The predicted molar refractivity (Wildman–Crippen MR) is 70.0 cm³/mol. The largest absolute Gasteiger partial charge is 0.494 e. The molecule has 0 aliphatic carbocycles. The van der Waals surface area contributed by atoms with E-state index in [1.54, 1.807) is 0 Å². The van der Waals surface area contributed by atoms with E-state index in [1.165, 1.54) is 0 Å². The molecule has 0 fully saturated rings. The van der Waals surface area contributed by atoms with Crippen LogP contribution in [0, 0.1) is 5.41 Å². The van der Waals surface area contributed by atoms with Crippen LogP contribution in [-0.4, -0.2) is 18.3 Å². The van der Waals surface area contributed by atoms with Gasteiger partial charge < -0.3 is 15.6 Å². The van der Waals surface area contributed by atoms with Crippen LogP contribution in [0.4, 0.5) is 0 Å². The molecule has 0 spiro atoms. The van der Waals surface area contributed by atoms with Crippen molar-refractivity contribution in [3.63, 3.8) is 0 Å². The molecule has 1 unspecified atom stereocenters. The average Bonchev–Trinajstić information content (AvgIpc) is 2.27. The van der Waals surface area contributed by atoms with Crippen molar-refractivity contribution in [2.75, 3.05) is 13.2 Å². The van der Waals surface area contributed by atoms with Crippen molar-refractivity contribution >= 4 is 0 Å². The van der Waals surface area contributed by atoms with Gasteiger partial charge >= 0.3 is 0 Å². The van der Waals surface area contributed by atoms with E-state index in [0.29, 0.717) is 6.61 Å². The zero-order chi connectivity index (χ0) is 13.1. The van der Waals surface area contributed by atoms with Gasteiger partial charge in [-0.15, -0.1) is 0 Å². The maximum atomic E-state index is 10.7. The Labute approximate surface area is 104 Å². The lowest BCUT2D eigenvalue weighted by molar-refractivity contribution is -0.0558. The molecule has 1 aromatic carbocycles. The van der Waals surface area contributed by atoms with Crippen LogP contribution in [0.3, 0.4) is 0 Å². The third-order valence-corrected chi connectivity index (χ3v) is 3.16. The lowest BCUT2D eigenvalue weighted by Gasteiger charge is -2.40. The molecule has 0 heterocycles. The molecule has 0 saturated carbocycles. The number of ether oxygens (including phenoxy) is 1. The summed E-state index contributed by atoms with van der Waals surface area (Å²) in [6.45, 7) is 8.67. The molecule has 0 aliphatic heterocycles. The summed E-state index contributed by atoms with van der Waals surface area (Å²) in [7, 11) is 0. The molecule has 1 atom stereocenters. The van der Waals surface area contributed by atoms with Gasteiger partial charge in [-0.05, 0) is 30.0 Å². The Morgan fingerprint density at radius 2 is 1.94 bits per heavy atom. The second-order valence-corrected chi connectivity index (χ2v) is 5.28. The molecular formula is C14H23NO2. The van der Waals surface area contributed by atoms with Crippen molar-refractivity contribution in [3.05, 3.63) is 29.8 Å². The summed E-state index contributed by atoms with van der Waals surface area (Å²) < 4.78 is 5.45. The van der Waals surface area contributed by atoms with Crippen molar-refractivity contribution in [1.82, 2.24) is 0 Å². The van der Waals surface area contributed by atoms with E-state index in [1.807, 2.05) is 52.0 Å². The Morgan fingerprint density at radius 3 is 2.41 bits per heavy atom. The first-order valence-corrected chi connectivity index (χ1v) is 6.01. The maximum Gasteiger partial charge on any atom is 0.119 e. The highest BCUT2D eigenvalue weighted by molar-refractivity contribution is 5.33. The molecule has 0 saturated heterocycles. The molecule has 17 heavy (non-hydrogen) atoms. The summed E-state index contributed by atoms with van der Waals surface area (Å²) >= 11 is 0. The summed E-state index contributed by atoms with van der Waals surface area (Å²) in [5, 5.41) is 10.7. The highest BCUT2D eigenvalue weighted by Crippen LogP contribution is 2.39. The first-order valence-electron chi connectivity index (χ1n) is 6.01. The number of benzene rings is 1. The Bertz CT molecular complexity index is 371. The van der Waals surface area contributed by atoms with Crippen LogP contribution >= 0.6 is 0 Å². The summed E-state index contributed by atoms with van der Waals surface area (Å²) in [6, 6.07) is 7.52. The molecular weight excluding hydrogens is 214 g/mol. The van der Waals surface area contributed by atoms with Gasteiger partial charge in [0.1, 0.15) is 11.4 Å². The predicted octanol–water partition coefficient (Wildman–Crippen LogP) is 2.28. The third kappa shape index (κ3) is 2.79. The topological polar surface area (TPSA) is 55.5 Å². The van der Waals surface area contributed by atoms with E-state index in [-0.39, 0.29) is 12.0 Å². The fourth-order valence-electron chi connectivity index (χ4n) is 1.87. The standard InChI is InChI=1S/C14H23NO2/c1-5-17-12-8-6-7-11(9-12)14(16,10-15)13(2,3)4/h6-9,16H,5,10,15H2,1-4H3. The van der Waals surface area contributed by atoms with E-state index in [9.17, 15) is 5.11 Å². The Balaban J connectivity index is 3.16. The van der Waals surface area contributed by atoms with E-state index in [4.69, 9.17) is 10.5 Å². The third-order valence-electron chi connectivity index (χ3n) is 3.16. The minimum atomic E-state index is -1.04. The molecule has 3 nitrogen and oxygen atoms in total. The van der Waals surface area contributed by atoms with Gasteiger partial charge in [0.05, 0.1) is 6.61 Å². The van der Waals surface area contributed by atoms with E-state index >= 15 is 0 Å². The molecule has 96 valence electrons. The molecule has 1 rings (SSSR count). The number of hydrogen-bond acceptors (Lipinski definition) is 3. The zero-order valence-corrected chi connectivity index (χ0v) is 11.2. The van der Waals surface area contributed by atoms with Crippen molar-refractivity contribution < 1.29 is 9.84 Å². The van der Waals surface area contributed by atoms with Crippen molar-refractivity contribution in [2.24, 2.45) is 11.1 Å². The SMILES string of the molecule is CCOc1cccc(C(O)(CN)C(C)(C)C)c1. The smallest absolute Gasteiger partial charge is 0.119 e. The number of nitrogens with two attached hydrogens (primary N) is 1. The van der Waals surface area contributed by atoms with Gasteiger partial charge in [-0.25, -0.2) is 0 Å². The van der Waals surface area contributed by atoms with Gasteiger partial charge in [-0.3, -0.25) is 0 Å². The lowest BCUT2D eigenvalue weighted by Crippen LogP contribution is -2.46. The van der Waals surface area contributed by atoms with Crippen LogP contribution in [0.1, 0.15) is 33.3 Å². The van der Waals surface area contributed by atoms with E-state index < -0.39 is 5.60 Å². The van der Waals surface area contributed by atoms with Crippen LogP contribution in [-0.2, 0) is 5.60 Å². The molecule has 0 bridgehead atoms. The van der Waals surface area contributed by atoms with Crippen molar-refractivity contribution in [1.29, 1.82) is 0 Å². The molecule has 3 N–H and O–H groups in total. The van der Waals surface area contributed by atoms with E-state index in [2.05, 4.69) is 0 Å². The Morgan fingerprint density at radius 1 is 1.29 bits per heavy atom. The fourth-order valence-corrected chi connectivity index (χ4v) is 1.87. The summed E-state index contributed by atoms with van der Waals surface area (Å²) in [4.78, 5) is 0. The molecule has 0 aromatic heterocycles. The normalized spacial score (nSPS) is 15.4. The van der Waals surface area contributed by atoms with Gasteiger partial charge in [0.25, 0.3) is 0 Å². The number of hydrogen-bond donors (Lipinski definition) is 2. The monoisotopic (exact) mass is 237 g/mol. The minimum absolute atomic E-state index is 0.187. The quantitative estimate of drug-likeness (QED) is 0.844. The van der Waals surface area contributed by atoms with Gasteiger partial charge in [0, 0.05) is 6.54 Å². The number of aliphatic hydroxyl groups is 1. The van der Waals surface area contributed by atoms with Gasteiger partial charge in [-0.2, -0.15) is 0 Å². The van der Waals surface area contributed by atoms with Gasteiger partial charge in [-0.1, -0.05) is 32.9 Å². The summed E-state index contributed by atoms with van der Waals surface area (Å²) in [5.41, 5.74) is 5.19. The van der Waals surface area contributed by atoms with Crippen LogP contribution in [0.5, 0.6) is 5.75 Å². The second-order valence-electron chi connectivity index (χ2n) is 5.28. The first kappa shape index (κ1) is 14.0. The second kappa shape index (κ2) is 5.07. The van der Waals surface area contributed by atoms with Crippen LogP contribution in [0.25, 0.3) is 0 Å². The highest BCUT2D eigenvalue weighted by atomic mass is 16.5. The highest BCUT2D eigenvalue weighted by Gasteiger charge is 2.40. The first-order chi connectivity index (χ1) is 7.85. The van der Waals surface area contributed by atoms with Crippen molar-refractivity contribution in [3.8, 4) is 5.75 Å². The Hall–Kier alpha value is -1.06. The molecule has 0 radical (unpaired) electrons. The minimum Gasteiger partial charge on any atom is -0.494 e. The maximum absolute atomic E-state index is 10.7. The fraction of sp³-hybridized carbons (Fsp3) is 0.571. The van der Waals surface area contributed by atoms with Crippen LogP contribution in [0.2, 0.25) is 0 Å². The average molecular weight is 237 g/mol. The molecule has 0 aliphatic rings.